The van der Waals surface area contributed by atoms with E-state index in [0.717, 1.165) is 30.5 Å². The van der Waals surface area contributed by atoms with Crippen LogP contribution in [-0.2, 0) is 17.3 Å². The highest BCUT2D eigenvalue weighted by atomic mass is 19.1. The number of nitrogens with zero attached hydrogens (tertiary/aromatic N) is 1. The second kappa shape index (κ2) is 6.51. The molecule has 0 spiro atoms. The Morgan fingerprint density at radius 1 is 1.07 bits per heavy atom. The summed E-state index contributed by atoms with van der Waals surface area (Å²) >= 11 is 0. The van der Waals surface area contributed by atoms with Crippen LogP contribution >= 0.6 is 0 Å². The van der Waals surface area contributed by atoms with E-state index >= 15 is 0 Å². The van der Waals surface area contributed by atoms with Gasteiger partial charge < -0.3 is 0 Å². The number of halogens is 1. The first kappa shape index (κ1) is 19.5. The van der Waals surface area contributed by atoms with Gasteiger partial charge in [-0.15, -0.1) is 0 Å². The van der Waals surface area contributed by atoms with Gasteiger partial charge in [-0.1, -0.05) is 69.4 Å². The molecule has 3 aliphatic carbocycles. The van der Waals surface area contributed by atoms with Crippen LogP contribution in [0.2, 0.25) is 0 Å². The first-order valence-corrected chi connectivity index (χ1v) is 11.1. The Kier molecular flexibility index (Phi) is 4.23. The summed E-state index contributed by atoms with van der Waals surface area (Å²) in [5, 5.41) is 0. The van der Waals surface area contributed by atoms with Crippen molar-refractivity contribution >= 4 is 6.08 Å². The van der Waals surface area contributed by atoms with E-state index in [0.29, 0.717) is 0 Å². The lowest BCUT2D eigenvalue weighted by atomic mass is 9.79. The molecule has 0 aliphatic heterocycles. The minimum atomic E-state index is -0.192. The summed E-state index contributed by atoms with van der Waals surface area (Å²) in [5.74, 6) is -0.192. The van der Waals surface area contributed by atoms with Crippen LogP contribution in [0.3, 0.4) is 0 Å². The van der Waals surface area contributed by atoms with Gasteiger partial charge in [-0.2, -0.15) is 0 Å². The van der Waals surface area contributed by atoms with Gasteiger partial charge in [-0.25, -0.2) is 4.39 Å². The normalized spacial score (nSPS) is 26.8. The third-order valence-corrected chi connectivity index (χ3v) is 7.25. The molecule has 154 valence electrons. The zero-order valence-electron chi connectivity index (χ0n) is 18.4. The van der Waals surface area contributed by atoms with E-state index in [9.17, 15) is 4.39 Å². The molecule has 0 saturated heterocycles. The minimum absolute atomic E-state index is 0.0246. The maximum atomic E-state index is 13.8. The van der Waals surface area contributed by atoms with E-state index in [2.05, 4.69) is 64.2 Å². The fraction of sp³-hybridized carbons (Fsp3) is 0.393. The van der Waals surface area contributed by atoms with Crippen molar-refractivity contribution in [3.05, 3.63) is 83.0 Å². The molecule has 1 aromatic heterocycles. The summed E-state index contributed by atoms with van der Waals surface area (Å²) in [6.07, 6.45) is 18.1. The molecule has 2 unspecified atom stereocenters. The molecule has 0 radical (unpaired) electrons. The SMILES string of the molecule is C/C=C/c1c(C(C)(C)C)nc2c(c1-c1ccc(F)cc1)CCCC13C=CC=CC21C3. The van der Waals surface area contributed by atoms with Crippen molar-refractivity contribution in [1.29, 1.82) is 0 Å². The molecule has 3 aliphatic rings. The summed E-state index contributed by atoms with van der Waals surface area (Å²) in [4.78, 5) is 5.45. The van der Waals surface area contributed by atoms with Crippen LogP contribution < -0.4 is 0 Å². The van der Waals surface area contributed by atoms with Crippen molar-refractivity contribution in [2.45, 2.75) is 64.2 Å². The van der Waals surface area contributed by atoms with E-state index in [-0.39, 0.29) is 22.1 Å². The van der Waals surface area contributed by atoms with Crippen LogP contribution in [0.5, 0.6) is 0 Å². The molecular formula is C28H30FN. The fourth-order valence-electron chi connectivity index (χ4n) is 5.82. The van der Waals surface area contributed by atoms with E-state index in [1.165, 1.54) is 28.8 Å². The van der Waals surface area contributed by atoms with Crippen LogP contribution in [0, 0.1) is 11.2 Å². The summed E-state index contributed by atoms with van der Waals surface area (Å²) in [5.41, 5.74) is 7.47. The van der Waals surface area contributed by atoms with E-state index in [1.807, 2.05) is 12.1 Å². The molecule has 2 aromatic rings. The highest BCUT2D eigenvalue weighted by Crippen LogP contribution is 2.71. The van der Waals surface area contributed by atoms with Crippen molar-refractivity contribution < 1.29 is 4.39 Å². The number of allylic oxidation sites excluding steroid dienone is 5. The standard InChI is InChI=1S/C28H30FN/c1-5-9-21-23(19-11-13-20(29)14-12-19)22-10-8-16-27-15-6-7-17-28(27,18-27)25(22)30-24(21)26(2,3)4/h5-7,9,11-15,17H,8,10,16,18H2,1-4H3/b9-5+. The van der Waals surface area contributed by atoms with E-state index < -0.39 is 0 Å². The molecular weight excluding hydrogens is 369 g/mol. The molecule has 0 bridgehead atoms. The largest absolute Gasteiger partial charge is 0.255 e. The monoisotopic (exact) mass is 399 g/mol. The topological polar surface area (TPSA) is 12.9 Å². The molecule has 0 N–H and O–H groups in total. The molecule has 2 heteroatoms. The molecule has 1 fully saturated rings. The van der Waals surface area contributed by atoms with Crippen LogP contribution in [0.4, 0.5) is 4.39 Å². The quantitative estimate of drug-likeness (QED) is 0.516. The third kappa shape index (κ3) is 2.69. The van der Waals surface area contributed by atoms with Gasteiger partial charge in [-0.05, 0) is 61.4 Å². The highest BCUT2D eigenvalue weighted by molar-refractivity contribution is 5.81. The van der Waals surface area contributed by atoms with Gasteiger partial charge in [0.05, 0.1) is 11.4 Å². The first-order valence-electron chi connectivity index (χ1n) is 11.1. The summed E-state index contributed by atoms with van der Waals surface area (Å²) < 4.78 is 13.8. The van der Waals surface area contributed by atoms with Crippen molar-refractivity contribution in [3.63, 3.8) is 0 Å². The van der Waals surface area contributed by atoms with Gasteiger partial charge in [0.2, 0.25) is 0 Å². The van der Waals surface area contributed by atoms with Gasteiger partial charge in [0.15, 0.2) is 0 Å². The molecule has 0 amide bonds. The molecule has 1 heterocycles. The summed E-state index contributed by atoms with van der Waals surface area (Å²) in [6.45, 7) is 8.79. The lowest BCUT2D eigenvalue weighted by Crippen LogP contribution is -2.24. The van der Waals surface area contributed by atoms with Crippen molar-refractivity contribution in [3.8, 4) is 11.1 Å². The smallest absolute Gasteiger partial charge is 0.123 e. The Morgan fingerprint density at radius 3 is 2.50 bits per heavy atom. The Morgan fingerprint density at radius 2 is 1.80 bits per heavy atom. The molecule has 1 saturated carbocycles. The summed E-state index contributed by atoms with van der Waals surface area (Å²) in [7, 11) is 0. The number of hydrogen-bond donors (Lipinski definition) is 0. The highest BCUT2D eigenvalue weighted by Gasteiger charge is 2.67. The van der Waals surface area contributed by atoms with Crippen molar-refractivity contribution in [2.75, 3.05) is 0 Å². The Hall–Kier alpha value is -2.48. The van der Waals surface area contributed by atoms with Gasteiger partial charge >= 0.3 is 0 Å². The molecule has 5 rings (SSSR count). The molecule has 1 aromatic carbocycles. The average Bonchev–Trinajstić information content (AvgIpc) is 3.40. The van der Waals surface area contributed by atoms with Crippen LogP contribution in [-0.4, -0.2) is 4.98 Å². The Bertz CT molecular complexity index is 1100. The molecule has 2 atom stereocenters. The zero-order valence-corrected chi connectivity index (χ0v) is 18.4. The number of benzene rings is 1. The average molecular weight is 400 g/mol. The number of aromatic nitrogens is 1. The lowest BCUT2D eigenvalue weighted by Gasteiger charge is -2.29. The molecule has 1 nitrogen and oxygen atoms in total. The Balaban J connectivity index is 1.88. The minimum Gasteiger partial charge on any atom is -0.255 e. The summed E-state index contributed by atoms with van der Waals surface area (Å²) in [6, 6.07) is 7.03. The van der Waals surface area contributed by atoms with Crippen molar-refractivity contribution in [2.24, 2.45) is 5.41 Å². The number of rotatable bonds is 2. The van der Waals surface area contributed by atoms with Crippen LogP contribution in [0.1, 0.15) is 69.5 Å². The predicted molar refractivity (Wildman–Crippen MR) is 123 cm³/mol. The first-order chi connectivity index (χ1) is 14.3. The van der Waals surface area contributed by atoms with Gasteiger partial charge in [0.25, 0.3) is 0 Å². The zero-order chi connectivity index (χ0) is 21.1. The van der Waals surface area contributed by atoms with E-state index in [1.54, 1.807) is 12.1 Å². The van der Waals surface area contributed by atoms with Crippen LogP contribution in [0.25, 0.3) is 17.2 Å². The van der Waals surface area contributed by atoms with Gasteiger partial charge in [-0.3, -0.25) is 4.98 Å². The van der Waals surface area contributed by atoms with Gasteiger partial charge in [0.1, 0.15) is 5.82 Å². The maximum Gasteiger partial charge on any atom is 0.123 e. The lowest BCUT2D eigenvalue weighted by molar-refractivity contribution is 0.504. The molecule has 30 heavy (non-hydrogen) atoms. The number of fused-ring (bicyclic) bond motifs is 1. The Labute approximate surface area is 179 Å². The number of hydrogen-bond acceptors (Lipinski definition) is 1. The predicted octanol–water partition coefficient (Wildman–Crippen LogP) is 7.31. The second-order valence-corrected chi connectivity index (χ2v) is 10.2. The number of pyridine rings is 1. The van der Waals surface area contributed by atoms with Crippen molar-refractivity contribution in [1.82, 2.24) is 4.98 Å². The van der Waals surface area contributed by atoms with E-state index in [4.69, 9.17) is 4.98 Å². The van der Waals surface area contributed by atoms with Gasteiger partial charge in [0, 0.05) is 21.8 Å². The van der Waals surface area contributed by atoms with Crippen LogP contribution in [0.15, 0.2) is 54.6 Å². The second-order valence-electron chi connectivity index (χ2n) is 10.2. The maximum absolute atomic E-state index is 13.8. The fourth-order valence-corrected chi connectivity index (χ4v) is 5.82. The third-order valence-electron chi connectivity index (χ3n) is 7.25.